The van der Waals surface area contributed by atoms with Crippen molar-refractivity contribution in [1.29, 1.82) is 0 Å². The number of amides is 1. The van der Waals surface area contributed by atoms with Gasteiger partial charge in [-0.1, -0.05) is 36.0 Å². The summed E-state index contributed by atoms with van der Waals surface area (Å²) < 4.78 is 19.6. The molecule has 5 aromatic rings. The summed E-state index contributed by atoms with van der Waals surface area (Å²) in [5, 5.41) is 16.2. The minimum atomic E-state index is -0.431. The Hall–Kier alpha value is -3.34. The molecule has 37 heavy (non-hydrogen) atoms. The second-order valence-corrected chi connectivity index (χ2v) is 11.2. The van der Waals surface area contributed by atoms with E-state index in [1.54, 1.807) is 18.4 Å². The second kappa shape index (κ2) is 10.2. The lowest BCUT2D eigenvalue weighted by Crippen LogP contribution is -2.24. The number of benzene rings is 2. The molecule has 2 atom stereocenters. The Morgan fingerprint density at radius 1 is 1.22 bits per heavy atom. The van der Waals surface area contributed by atoms with Crippen LogP contribution >= 0.6 is 23.1 Å². The quantitative estimate of drug-likeness (QED) is 0.237. The Kier molecular flexibility index (Phi) is 6.62. The molecule has 1 aliphatic heterocycles. The summed E-state index contributed by atoms with van der Waals surface area (Å²) in [6.45, 7) is 3.30. The van der Waals surface area contributed by atoms with Crippen LogP contribution in [0, 0.1) is 0 Å². The van der Waals surface area contributed by atoms with E-state index in [1.165, 1.54) is 11.8 Å². The summed E-state index contributed by atoms with van der Waals surface area (Å²) >= 11 is 3.00. The fourth-order valence-electron chi connectivity index (χ4n) is 4.58. The van der Waals surface area contributed by atoms with E-state index >= 15 is 0 Å². The standard InChI is InChI=1S/C27H26N4O4S2/c1-16(37-27-30-29-25(24-10-6-12-36-24)31(27)15-17-7-5-11-34-17)26(32)28-20-14-22-19(13-23(20)33-2)18-8-3-4-9-21(18)35-22/h3-4,6,8-10,12-14,16-17H,5,7,11,15H2,1-2H3,(H,28,32). The van der Waals surface area contributed by atoms with E-state index in [-0.39, 0.29) is 12.0 Å². The molecule has 6 rings (SSSR count). The van der Waals surface area contributed by atoms with Gasteiger partial charge in [-0.25, -0.2) is 0 Å². The molecule has 2 unspecified atom stereocenters. The molecular formula is C27H26N4O4S2. The summed E-state index contributed by atoms with van der Waals surface area (Å²) in [5.41, 5.74) is 2.04. The average molecular weight is 535 g/mol. The van der Waals surface area contributed by atoms with Crippen LogP contribution in [0.5, 0.6) is 5.75 Å². The van der Waals surface area contributed by atoms with Crippen LogP contribution < -0.4 is 10.1 Å². The van der Waals surface area contributed by atoms with Crippen LogP contribution in [0.1, 0.15) is 19.8 Å². The molecule has 10 heteroatoms. The number of para-hydroxylation sites is 1. The molecule has 1 fully saturated rings. The first-order chi connectivity index (χ1) is 18.1. The monoisotopic (exact) mass is 534 g/mol. The summed E-state index contributed by atoms with van der Waals surface area (Å²) in [6.07, 6.45) is 2.18. The molecule has 4 heterocycles. The SMILES string of the molecule is COc1cc2c(cc1NC(=O)C(C)Sc1nnc(-c3cccs3)n1CC1CCCO1)oc1ccccc12. The van der Waals surface area contributed by atoms with Gasteiger partial charge < -0.3 is 19.2 Å². The molecule has 0 radical (unpaired) electrons. The minimum absolute atomic E-state index is 0.123. The van der Waals surface area contributed by atoms with E-state index in [1.807, 2.05) is 60.8 Å². The van der Waals surface area contributed by atoms with Crippen molar-refractivity contribution in [2.45, 2.75) is 42.8 Å². The van der Waals surface area contributed by atoms with Crippen molar-refractivity contribution in [2.24, 2.45) is 0 Å². The Balaban J connectivity index is 1.24. The number of ether oxygens (including phenoxy) is 2. The highest BCUT2D eigenvalue weighted by atomic mass is 32.2. The summed E-state index contributed by atoms with van der Waals surface area (Å²) in [5.74, 6) is 1.21. The number of hydrogen-bond donors (Lipinski definition) is 1. The third kappa shape index (κ3) is 4.72. The predicted molar refractivity (Wildman–Crippen MR) is 147 cm³/mol. The van der Waals surface area contributed by atoms with Crippen molar-refractivity contribution >= 4 is 56.6 Å². The van der Waals surface area contributed by atoms with Gasteiger partial charge in [-0.05, 0) is 43.3 Å². The molecule has 8 nitrogen and oxygen atoms in total. The number of aromatic nitrogens is 3. The van der Waals surface area contributed by atoms with Crippen molar-refractivity contribution in [3.05, 3.63) is 53.9 Å². The number of nitrogens with zero attached hydrogens (tertiary/aromatic N) is 3. The highest BCUT2D eigenvalue weighted by Crippen LogP contribution is 2.37. The van der Waals surface area contributed by atoms with E-state index < -0.39 is 5.25 Å². The van der Waals surface area contributed by atoms with Gasteiger partial charge in [0.05, 0.1) is 35.6 Å². The number of carbonyl (C=O) groups excluding carboxylic acids is 1. The molecule has 0 bridgehead atoms. The number of thiophene rings is 1. The highest BCUT2D eigenvalue weighted by Gasteiger charge is 2.25. The van der Waals surface area contributed by atoms with Gasteiger partial charge in [-0.15, -0.1) is 21.5 Å². The van der Waals surface area contributed by atoms with Gasteiger partial charge in [-0.3, -0.25) is 9.36 Å². The average Bonchev–Trinajstić information content (AvgIpc) is 3.71. The molecule has 1 amide bonds. The van der Waals surface area contributed by atoms with E-state index in [9.17, 15) is 4.79 Å². The predicted octanol–water partition coefficient (Wildman–Crippen LogP) is 6.21. The van der Waals surface area contributed by atoms with Crippen LogP contribution in [-0.4, -0.2) is 45.7 Å². The molecule has 190 valence electrons. The molecule has 0 saturated carbocycles. The first-order valence-corrected chi connectivity index (χ1v) is 13.9. The molecule has 0 aliphatic carbocycles. The largest absolute Gasteiger partial charge is 0.495 e. The van der Waals surface area contributed by atoms with Crippen molar-refractivity contribution in [2.75, 3.05) is 19.0 Å². The zero-order valence-electron chi connectivity index (χ0n) is 20.5. The van der Waals surface area contributed by atoms with Crippen LogP contribution in [0.15, 0.2) is 63.5 Å². The minimum Gasteiger partial charge on any atom is -0.495 e. The maximum atomic E-state index is 13.3. The van der Waals surface area contributed by atoms with Gasteiger partial charge >= 0.3 is 0 Å². The fraction of sp³-hybridized carbons (Fsp3) is 0.296. The lowest BCUT2D eigenvalue weighted by atomic mass is 10.1. The Morgan fingerprint density at radius 2 is 2.11 bits per heavy atom. The molecular weight excluding hydrogens is 508 g/mol. The summed E-state index contributed by atoms with van der Waals surface area (Å²) in [6, 6.07) is 15.6. The van der Waals surface area contributed by atoms with Crippen molar-refractivity contribution in [3.63, 3.8) is 0 Å². The summed E-state index contributed by atoms with van der Waals surface area (Å²) in [4.78, 5) is 14.3. The van der Waals surface area contributed by atoms with Gasteiger partial charge in [-0.2, -0.15) is 0 Å². The van der Waals surface area contributed by atoms with Gasteiger partial charge in [0.25, 0.3) is 0 Å². The maximum Gasteiger partial charge on any atom is 0.237 e. The number of furan rings is 1. The lowest BCUT2D eigenvalue weighted by molar-refractivity contribution is -0.115. The Morgan fingerprint density at radius 3 is 2.89 bits per heavy atom. The topological polar surface area (TPSA) is 91.4 Å². The van der Waals surface area contributed by atoms with Crippen LogP contribution in [-0.2, 0) is 16.1 Å². The number of fused-ring (bicyclic) bond motifs is 3. The maximum absolute atomic E-state index is 13.3. The van der Waals surface area contributed by atoms with Crippen LogP contribution in [0.4, 0.5) is 5.69 Å². The van der Waals surface area contributed by atoms with E-state index in [4.69, 9.17) is 13.9 Å². The molecule has 0 spiro atoms. The number of nitrogens with one attached hydrogen (secondary N) is 1. The third-order valence-electron chi connectivity index (χ3n) is 6.48. The zero-order chi connectivity index (χ0) is 25.4. The normalized spacial score (nSPS) is 16.4. The molecule has 1 aliphatic rings. The van der Waals surface area contributed by atoms with Gasteiger partial charge in [0, 0.05) is 23.4 Å². The van der Waals surface area contributed by atoms with E-state index in [0.717, 1.165) is 46.5 Å². The fourth-order valence-corrected chi connectivity index (χ4v) is 6.16. The van der Waals surface area contributed by atoms with E-state index in [0.29, 0.717) is 28.7 Å². The first-order valence-electron chi connectivity index (χ1n) is 12.2. The van der Waals surface area contributed by atoms with Crippen LogP contribution in [0.25, 0.3) is 32.6 Å². The lowest BCUT2D eigenvalue weighted by Gasteiger charge is -2.17. The van der Waals surface area contributed by atoms with Gasteiger partial charge in [0.15, 0.2) is 11.0 Å². The summed E-state index contributed by atoms with van der Waals surface area (Å²) in [7, 11) is 1.59. The van der Waals surface area contributed by atoms with Crippen LogP contribution in [0.2, 0.25) is 0 Å². The molecule has 3 aromatic heterocycles. The molecule has 1 saturated heterocycles. The smallest absolute Gasteiger partial charge is 0.237 e. The highest BCUT2D eigenvalue weighted by molar-refractivity contribution is 8.00. The number of rotatable bonds is 8. The zero-order valence-corrected chi connectivity index (χ0v) is 22.1. The Labute approximate surface area is 222 Å². The number of thioether (sulfide) groups is 1. The second-order valence-electron chi connectivity index (χ2n) is 8.93. The number of anilines is 1. The van der Waals surface area contributed by atoms with Gasteiger partial charge in [0.2, 0.25) is 5.91 Å². The van der Waals surface area contributed by atoms with Crippen molar-refractivity contribution < 1.29 is 18.7 Å². The molecule has 1 N–H and O–H groups in total. The Bertz CT molecular complexity index is 1550. The molecule has 2 aromatic carbocycles. The third-order valence-corrected chi connectivity index (χ3v) is 8.42. The number of carbonyl (C=O) groups is 1. The van der Waals surface area contributed by atoms with Crippen molar-refractivity contribution in [3.8, 4) is 16.5 Å². The van der Waals surface area contributed by atoms with Crippen LogP contribution in [0.3, 0.4) is 0 Å². The van der Waals surface area contributed by atoms with Crippen molar-refractivity contribution in [1.82, 2.24) is 14.8 Å². The first kappa shape index (κ1) is 24.0. The number of hydrogen-bond acceptors (Lipinski definition) is 8. The van der Waals surface area contributed by atoms with E-state index in [2.05, 4.69) is 20.1 Å². The van der Waals surface area contributed by atoms with Gasteiger partial charge in [0.1, 0.15) is 16.9 Å². The number of methoxy groups -OCH3 is 1.